The lowest BCUT2D eigenvalue weighted by Gasteiger charge is -2.13. The third-order valence-electron chi connectivity index (χ3n) is 2.29. The van der Waals surface area contributed by atoms with Gasteiger partial charge in [0.05, 0.1) is 30.5 Å². The first kappa shape index (κ1) is 14.9. The predicted octanol–water partition coefficient (Wildman–Crippen LogP) is 0.614. The van der Waals surface area contributed by atoms with Gasteiger partial charge in [0, 0.05) is 13.3 Å². The van der Waals surface area contributed by atoms with Crippen LogP contribution in [0.4, 0.5) is 4.79 Å². The highest BCUT2D eigenvalue weighted by atomic mass is 16.5. The van der Waals surface area contributed by atoms with Gasteiger partial charge in [-0.3, -0.25) is 4.98 Å². The molecule has 0 saturated heterocycles. The van der Waals surface area contributed by atoms with E-state index in [1.807, 2.05) is 6.92 Å². The van der Waals surface area contributed by atoms with Gasteiger partial charge in [0.1, 0.15) is 0 Å². The number of carbonyl (C=O) groups is 2. The van der Waals surface area contributed by atoms with Crippen LogP contribution in [-0.2, 0) is 11.3 Å². The molecule has 0 aliphatic carbocycles. The van der Waals surface area contributed by atoms with E-state index in [9.17, 15) is 9.59 Å². The number of methoxy groups -OCH3 is 1. The maximum absolute atomic E-state index is 11.5. The Morgan fingerprint density at radius 1 is 1.53 bits per heavy atom. The highest BCUT2D eigenvalue weighted by molar-refractivity contribution is 5.87. The van der Waals surface area contributed by atoms with Crippen molar-refractivity contribution in [2.45, 2.75) is 19.5 Å². The highest BCUT2D eigenvalue weighted by Crippen LogP contribution is 2.01. The van der Waals surface area contributed by atoms with Crippen LogP contribution in [0.3, 0.4) is 0 Å². The first-order valence-electron chi connectivity index (χ1n) is 5.74. The molecular weight excluding hydrogens is 250 g/mol. The van der Waals surface area contributed by atoms with Crippen LogP contribution in [-0.4, -0.2) is 41.8 Å². The normalized spacial score (nSPS) is 11.7. The SMILES string of the molecule is COCC(C)NC(=O)NCc1cc(C(=O)O)ccn1. The fourth-order valence-corrected chi connectivity index (χ4v) is 1.45. The molecule has 2 amide bonds. The Morgan fingerprint density at radius 3 is 2.89 bits per heavy atom. The Labute approximate surface area is 111 Å². The van der Waals surface area contributed by atoms with Gasteiger partial charge < -0.3 is 20.5 Å². The van der Waals surface area contributed by atoms with Crippen molar-refractivity contribution in [3.63, 3.8) is 0 Å². The predicted molar refractivity (Wildman–Crippen MR) is 67.9 cm³/mol. The molecule has 0 fully saturated rings. The van der Waals surface area contributed by atoms with Gasteiger partial charge in [-0.05, 0) is 19.1 Å². The van der Waals surface area contributed by atoms with Crippen molar-refractivity contribution in [3.8, 4) is 0 Å². The molecule has 7 heteroatoms. The zero-order valence-electron chi connectivity index (χ0n) is 10.8. The molecule has 0 radical (unpaired) electrons. The average Bonchev–Trinajstić information content (AvgIpc) is 2.37. The van der Waals surface area contributed by atoms with Crippen LogP contribution in [0.2, 0.25) is 0 Å². The minimum Gasteiger partial charge on any atom is -0.478 e. The molecule has 1 atom stereocenters. The minimum atomic E-state index is -1.03. The molecule has 0 aromatic carbocycles. The van der Waals surface area contributed by atoms with Gasteiger partial charge in [0.2, 0.25) is 0 Å². The number of aromatic carboxylic acids is 1. The van der Waals surface area contributed by atoms with Crippen LogP contribution in [0.1, 0.15) is 23.0 Å². The van der Waals surface area contributed by atoms with E-state index in [2.05, 4.69) is 15.6 Å². The molecule has 0 bridgehead atoms. The number of rotatable bonds is 6. The standard InChI is InChI=1S/C12H17N3O4/c1-8(7-19-2)15-12(18)14-6-10-5-9(11(16)17)3-4-13-10/h3-5,8H,6-7H2,1-2H3,(H,16,17)(H2,14,15,18). The molecule has 0 aliphatic rings. The zero-order chi connectivity index (χ0) is 14.3. The van der Waals surface area contributed by atoms with E-state index >= 15 is 0 Å². The second-order valence-corrected chi connectivity index (χ2v) is 4.02. The molecule has 3 N–H and O–H groups in total. The number of carboxylic acids is 1. The average molecular weight is 267 g/mol. The van der Waals surface area contributed by atoms with Crippen molar-refractivity contribution in [1.82, 2.24) is 15.6 Å². The number of nitrogens with zero attached hydrogens (tertiary/aromatic N) is 1. The molecule has 7 nitrogen and oxygen atoms in total. The summed E-state index contributed by atoms with van der Waals surface area (Å²) < 4.78 is 4.89. The van der Waals surface area contributed by atoms with Crippen molar-refractivity contribution in [2.24, 2.45) is 0 Å². The lowest BCUT2D eigenvalue weighted by molar-refractivity contribution is 0.0696. The number of amides is 2. The van der Waals surface area contributed by atoms with Gasteiger partial charge in [-0.2, -0.15) is 0 Å². The number of hydrogen-bond acceptors (Lipinski definition) is 4. The summed E-state index contributed by atoms with van der Waals surface area (Å²) in [4.78, 5) is 26.2. The third kappa shape index (κ3) is 5.35. The number of aromatic nitrogens is 1. The van der Waals surface area contributed by atoms with Crippen LogP contribution >= 0.6 is 0 Å². The van der Waals surface area contributed by atoms with Gasteiger partial charge in [-0.25, -0.2) is 9.59 Å². The van der Waals surface area contributed by atoms with E-state index in [-0.39, 0.29) is 24.2 Å². The first-order chi connectivity index (χ1) is 9.02. The van der Waals surface area contributed by atoms with Crippen LogP contribution in [0.25, 0.3) is 0 Å². The van der Waals surface area contributed by atoms with E-state index in [1.54, 1.807) is 7.11 Å². The fourth-order valence-electron chi connectivity index (χ4n) is 1.45. The second kappa shape index (κ2) is 7.32. The van der Waals surface area contributed by atoms with Crippen molar-refractivity contribution in [2.75, 3.05) is 13.7 Å². The van der Waals surface area contributed by atoms with Gasteiger partial charge in [-0.15, -0.1) is 0 Å². The monoisotopic (exact) mass is 267 g/mol. The van der Waals surface area contributed by atoms with Crippen molar-refractivity contribution in [3.05, 3.63) is 29.6 Å². The van der Waals surface area contributed by atoms with Crippen LogP contribution in [0.5, 0.6) is 0 Å². The summed E-state index contributed by atoms with van der Waals surface area (Å²) in [6, 6.07) is 2.35. The summed E-state index contributed by atoms with van der Waals surface area (Å²) >= 11 is 0. The Hall–Kier alpha value is -2.15. The highest BCUT2D eigenvalue weighted by Gasteiger charge is 2.08. The molecule has 1 aromatic heterocycles. The van der Waals surface area contributed by atoms with Crippen LogP contribution in [0, 0.1) is 0 Å². The molecule has 0 spiro atoms. The van der Waals surface area contributed by atoms with Crippen molar-refractivity contribution < 1.29 is 19.4 Å². The summed E-state index contributed by atoms with van der Waals surface area (Å²) in [6.45, 7) is 2.39. The van der Waals surface area contributed by atoms with E-state index in [1.165, 1.54) is 18.3 Å². The molecule has 19 heavy (non-hydrogen) atoms. The Kier molecular flexibility index (Phi) is 5.74. The molecule has 1 rings (SSSR count). The summed E-state index contributed by atoms with van der Waals surface area (Å²) in [7, 11) is 1.55. The van der Waals surface area contributed by atoms with E-state index in [4.69, 9.17) is 9.84 Å². The van der Waals surface area contributed by atoms with Crippen LogP contribution in [0.15, 0.2) is 18.3 Å². The van der Waals surface area contributed by atoms with E-state index in [0.717, 1.165) is 0 Å². The first-order valence-corrected chi connectivity index (χ1v) is 5.74. The zero-order valence-corrected chi connectivity index (χ0v) is 10.8. The number of ether oxygens (including phenoxy) is 1. The number of nitrogens with one attached hydrogen (secondary N) is 2. The molecule has 104 valence electrons. The maximum atomic E-state index is 11.5. The summed E-state index contributed by atoms with van der Waals surface area (Å²) in [5.41, 5.74) is 0.620. The van der Waals surface area contributed by atoms with Gasteiger partial charge in [-0.1, -0.05) is 0 Å². The number of carboxylic acid groups (broad SMARTS) is 1. The molecular formula is C12H17N3O4. The van der Waals surface area contributed by atoms with Crippen LogP contribution < -0.4 is 10.6 Å². The summed E-state index contributed by atoms with van der Waals surface area (Å²) in [6.07, 6.45) is 1.39. The second-order valence-electron chi connectivity index (χ2n) is 4.02. The molecule has 1 aromatic rings. The van der Waals surface area contributed by atoms with E-state index < -0.39 is 5.97 Å². The number of urea groups is 1. The molecule has 0 saturated carbocycles. The molecule has 1 heterocycles. The smallest absolute Gasteiger partial charge is 0.335 e. The van der Waals surface area contributed by atoms with E-state index in [0.29, 0.717) is 12.3 Å². The lowest BCUT2D eigenvalue weighted by atomic mass is 10.2. The molecule has 0 aliphatic heterocycles. The number of carbonyl (C=O) groups excluding carboxylic acids is 1. The quantitative estimate of drug-likeness (QED) is 0.701. The Bertz CT molecular complexity index is 450. The van der Waals surface area contributed by atoms with Crippen molar-refractivity contribution in [1.29, 1.82) is 0 Å². The number of pyridine rings is 1. The van der Waals surface area contributed by atoms with Gasteiger partial charge in [0.15, 0.2) is 0 Å². The topological polar surface area (TPSA) is 101 Å². The third-order valence-corrected chi connectivity index (χ3v) is 2.29. The Morgan fingerprint density at radius 2 is 2.26 bits per heavy atom. The lowest BCUT2D eigenvalue weighted by Crippen LogP contribution is -2.42. The Balaban J connectivity index is 2.46. The number of hydrogen-bond donors (Lipinski definition) is 3. The minimum absolute atomic E-state index is 0.108. The molecule has 1 unspecified atom stereocenters. The largest absolute Gasteiger partial charge is 0.478 e. The van der Waals surface area contributed by atoms with Gasteiger partial charge >= 0.3 is 12.0 Å². The maximum Gasteiger partial charge on any atom is 0.335 e. The van der Waals surface area contributed by atoms with Crippen molar-refractivity contribution >= 4 is 12.0 Å². The van der Waals surface area contributed by atoms with Gasteiger partial charge in [0.25, 0.3) is 0 Å². The fraction of sp³-hybridized carbons (Fsp3) is 0.417. The summed E-state index contributed by atoms with van der Waals surface area (Å²) in [5, 5.41) is 14.1. The summed E-state index contributed by atoms with van der Waals surface area (Å²) in [5.74, 6) is -1.03.